The number of aliphatic hydroxyl groups excluding tert-OH is 1. The number of anilines is 1. The number of amides is 2. The van der Waals surface area contributed by atoms with E-state index in [1.165, 1.54) is 4.90 Å². The molecule has 1 saturated heterocycles. The molecule has 0 bridgehead atoms. The van der Waals surface area contributed by atoms with Gasteiger partial charge >= 0.3 is 0 Å². The molecule has 1 aliphatic heterocycles. The van der Waals surface area contributed by atoms with Gasteiger partial charge in [0, 0.05) is 5.56 Å². The summed E-state index contributed by atoms with van der Waals surface area (Å²) in [5.41, 5.74) is 2.28. The summed E-state index contributed by atoms with van der Waals surface area (Å²) >= 11 is 0. The van der Waals surface area contributed by atoms with Crippen LogP contribution in [0.15, 0.2) is 18.2 Å². The largest absolute Gasteiger partial charge is 0.384 e. The van der Waals surface area contributed by atoms with E-state index in [2.05, 4.69) is 11.8 Å². The lowest BCUT2D eigenvalue weighted by Crippen LogP contribution is -2.31. The van der Waals surface area contributed by atoms with Crippen molar-refractivity contribution in [2.45, 2.75) is 26.2 Å². The average Bonchev–Trinajstić information content (AvgIpc) is 3.04. The number of carbonyl (C=O) groups is 2. The third kappa shape index (κ3) is 2.24. The summed E-state index contributed by atoms with van der Waals surface area (Å²) in [7, 11) is 0. The summed E-state index contributed by atoms with van der Waals surface area (Å²) < 4.78 is 0. The number of carbonyl (C=O) groups excluding carboxylic acids is 2. The van der Waals surface area contributed by atoms with Crippen LogP contribution in [0.25, 0.3) is 0 Å². The lowest BCUT2D eigenvalue weighted by atomic mass is 10.00. The van der Waals surface area contributed by atoms with E-state index >= 15 is 0 Å². The van der Waals surface area contributed by atoms with Gasteiger partial charge in [0.2, 0.25) is 11.8 Å². The second-order valence-corrected chi connectivity index (χ2v) is 5.61. The molecule has 108 valence electrons. The molecule has 0 radical (unpaired) electrons. The highest BCUT2D eigenvalue weighted by Crippen LogP contribution is 2.41. The Morgan fingerprint density at radius 1 is 1.24 bits per heavy atom. The Morgan fingerprint density at radius 3 is 2.52 bits per heavy atom. The molecule has 1 heterocycles. The molecule has 2 amide bonds. The monoisotopic (exact) mass is 283 g/mol. The van der Waals surface area contributed by atoms with E-state index in [4.69, 9.17) is 5.11 Å². The SMILES string of the molecule is Cc1ccc(N2C(=O)C3CCCC3C2=O)cc1C#CCO. The van der Waals surface area contributed by atoms with Crippen LogP contribution in [0.3, 0.4) is 0 Å². The molecule has 0 aromatic heterocycles. The highest BCUT2D eigenvalue weighted by Gasteiger charge is 2.50. The van der Waals surface area contributed by atoms with Crippen LogP contribution in [0.1, 0.15) is 30.4 Å². The van der Waals surface area contributed by atoms with E-state index < -0.39 is 0 Å². The Hall–Kier alpha value is -2.12. The van der Waals surface area contributed by atoms with Gasteiger partial charge in [0.25, 0.3) is 0 Å². The summed E-state index contributed by atoms with van der Waals surface area (Å²) in [6.07, 6.45) is 2.59. The fourth-order valence-electron chi connectivity index (χ4n) is 3.26. The second-order valence-electron chi connectivity index (χ2n) is 5.61. The molecule has 0 spiro atoms. The molecular weight excluding hydrogens is 266 g/mol. The van der Waals surface area contributed by atoms with Gasteiger partial charge in [-0.05, 0) is 37.5 Å². The van der Waals surface area contributed by atoms with E-state index in [1.807, 2.05) is 13.0 Å². The number of fused-ring (bicyclic) bond motifs is 1. The summed E-state index contributed by atoms with van der Waals surface area (Å²) in [4.78, 5) is 26.2. The smallest absolute Gasteiger partial charge is 0.237 e. The van der Waals surface area contributed by atoms with Crippen LogP contribution in [0, 0.1) is 30.6 Å². The Labute approximate surface area is 123 Å². The normalized spacial score (nSPS) is 24.0. The van der Waals surface area contributed by atoms with Crippen molar-refractivity contribution in [3.8, 4) is 11.8 Å². The summed E-state index contributed by atoms with van der Waals surface area (Å²) in [5, 5.41) is 8.80. The number of hydrogen-bond donors (Lipinski definition) is 1. The number of benzene rings is 1. The Balaban J connectivity index is 1.97. The molecule has 1 saturated carbocycles. The summed E-state index contributed by atoms with van der Waals surface area (Å²) in [6, 6.07) is 5.40. The van der Waals surface area contributed by atoms with Gasteiger partial charge in [-0.1, -0.05) is 24.3 Å². The van der Waals surface area contributed by atoms with Crippen LogP contribution >= 0.6 is 0 Å². The molecular formula is C17H17NO3. The van der Waals surface area contributed by atoms with Gasteiger partial charge in [-0.2, -0.15) is 0 Å². The van der Waals surface area contributed by atoms with Crippen LogP contribution in [0.5, 0.6) is 0 Å². The Morgan fingerprint density at radius 2 is 1.90 bits per heavy atom. The molecule has 21 heavy (non-hydrogen) atoms. The van der Waals surface area contributed by atoms with E-state index in [0.717, 1.165) is 30.4 Å². The maximum atomic E-state index is 12.4. The number of aryl methyl sites for hydroxylation is 1. The number of rotatable bonds is 1. The van der Waals surface area contributed by atoms with Gasteiger partial charge in [-0.25, -0.2) is 0 Å². The first-order valence-electron chi connectivity index (χ1n) is 7.21. The molecule has 4 nitrogen and oxygen atoms in total. The van der Waals surface area contributed by atoms with E-state index in [0.29, 0.717) is 5.69 Å². The van der Waals surface area contributed by atoms with Crippen molar-refractivity contribution in [1.82, 2.24) is 0 Å². The van der Waals surface area contributed by atoms with Crippen molar-refractivity contribution in [3.63, 3.8) is 0 Å². The topological polar surface area (TPSA) is 57.6 Å². The highest BCUT2D eigenvalue weighted by molar-refractivity contribution is 6.22. The first-order chi connectivity index (χ1) is 10.1. The van der Waals surface area contributed by atoms with Crippen molar-refractivity contribution in [3.05, 3.63) is 29.3 Å². The first-order valence-corrected chi connectivity index (χ1v) is 7.21. The lowest BCUT2D eigenvalue weighted by Gasteiger charge is -2.16. The van der Waals surface area contributed by atoms with Crippen molar-refractivity contribution in [2.24, 2.45) is 11.8 Å². The minimum atomic E-state index is -0.213. The summed E-state index contributed by atoms with van der Waals surface area (Å²) in [5.74, 6) is 5.04. The maximum absolute atomic E-state index is 12.4. The van der Waals surface area contributed by atoms with Gasteiger partial charge in [-0.15, -0.1) is 0 Å². The zero-order valence-electron chi connectivity index (χ0n) is 11.9. The molecule has 1 aliphatic carbocycles. The predicted molar refractivity (Wildman–Crippen MR) is 78.5 cm³/mol. The number of nitrogens with zero attached hydrogens (tertiary/aromatic N) is 1. The molecule has 1 aromatic rings. The molecule has 1 aromatic carbocycles. The Bertz CT molecular complexity index is 646. The van der Waals surface area contributed by atoms with Crippen LogP contribution in [-0.4, -0.2) is 23.5 Å². The van der Waals surface area contributed by atoms with Crippen molar-refractivity contribution < 1.29 is 14.7 Å². The first kappa shape index (κ1) is 13.8. The molecule has 2 fully saturated rings. The third-order valence-electron chi connectivity index (χ3n) is 4.37. The highest BCUT2D eigenvalue weighted by atomic mass is 16.2. The van der Waals surface area contributed by atoms with Gasteiger partial charge in [0.1, 0.15) is 6.61 Å². The zero-order chi connectivity index (χ0) is 15.0. The van der Waals surface area contributed by atoms with Gasteiger partial charge < -0.3 is 5.11 Å². The van der Waals surface area contributed by atoms with Gasteiger partial charge in [-0.3, -0.25) is 14.5 Å². The molecule has 3 rings (SSSR count). The molecule has 1 N–H and O–H groups in total. The molecule has 4 heteroatoms. The quantitative estimate of drug-likeness (QED) is 0.629. The van der Waals surface area contributed by atoms with Crippen molar-refractivity contribution >= 4 is 17.5 Å². The number of hydrogen-bond acceptors (Lipinski definition) is 3. The predicted octanol–water partition coefficient (Wildman–Crippen LogP) is 1.63. The van der Waals surface area contributed by atoms with E-state index in [9.17, 15) is 9.59 Å². The zero-order valence-corrected chi connectivity index (χ0v) is 11.9. The minimum absolute atomic E-state index is 0.0765. The molecule has 2 unspecified atom stereocenters. The number of imide groups is 1. The fraction of sp³-hybridized carbons (Fsp3) is 0.412. The standard InChI is InChI=1S/C17H17NO3/c1-11-7-8-13(10-12(11)4-3-9-19)18-16(20)14-5-2-6-15(14)17(18)21/h7-8,10,14-15,19H,2,5-6,9H2,1H3. The van der Waals surface area contributed by atoms with Crippen LogP contribution < -0.4 is 4.90 Å². The average molecular weight is 283 g/mol. The Kier molecular flexibility index (Phi) is 3.52. The van der Waals surface area contributed by atoms with E-state index in [1.54, 1.807) is 12.1 Å². The number of aliphatic hydroxyl groups is 1. The molecule has 2 aliphatic rings. The van der Waals surface area contributed by atoms with E-state index in [-0.39, 0.29) is 30.3 Å². The second kappa shape index (κ2) is 5.34. The molecule has 2 atom stereocenters. The van der Waals surface area contributed by atoms with Gasteiger partial charge in [0.15, 0.2) is 0 Å². The third-order valence-corrected chi connectivity index (χ3v) is 4.37. The van der Waals surface area contributed by atoms with Crippen molar-refractivity contribution in [1.29, 1.82) is 0 Å². The van der Waals surface area contributed by atoms with Gasteiger partial charge in [0.05, 0.1) is 17.5 Å². The summed E-state index contributed by atoms with van der Waals surface area (Å²) in [6.45, 7) is 1.70. The maximum Gasteiger partial charge on any atom is 0.237 e. The van der Waals surface area contributed by atoms with Crippen LogP contribution in [0.2, 0.25) is 0 Å². The lowest BCUT2D eigenvalue weighted by molar-refractivity contribution is -0.122. The van der Waals surface area contributed by atoms with Crippen LogP contribution in [0.4, 0.5) is 5.69 Å². The minimum Gasteiger partial charge on any atom is -0.384 e. The van der Waals surface area contributed by atoms with Crippen LogP contribution in [-0.2, 0) is 9.59 Å². The van der Waals surface area contributed by atoms with Crippen molar-refractivity contribution in [2.75, 3.05) is 11.5 Å². The fourth-order valence-corrected chi connectivity index (χ4v) is 3.26.